The molecule has 0 spiro atoms. The number of amides is 1. The SMILES string of the molecule is Cc1cc(C)nc(N/C(=N/C(=S)Nc2cccc(C)c2C)N2CCN(C(=O)c3ccco3)CC2)n1. The van der Waals surface area contributed by atoms with Gasteiger partial charge in [0.15, 0.2) is 5.76 Å². The maximum Gasteiger partial charge on any atom is 0.289 e. The van der Waals surface area contributed by atoms with E-state index < -0.39 is 0 Å². The van der Waals surface area contributed by atoms with Gasteiger partial charge in [-0.3, -0.25) is 10.1 Å². The van der Waals surface area contributed by atoms with Crippen LogP contribution in [0.25, 0.3) is 0 Å². The number of thiocarbonyl (C=S) groups is 1. The standard InChI is InChI=1S/C25H29N7O2S/c1-16-7-5-8-20(19(16)4)28-25(35)30-24(29-23-26-17(2)15-18(3)27-23)32-12-10-31(11-13-32)22(33)21-9-6-14-34-21/h5-9,14-15H,10-13H2,1-4H3,(H2,26,27,28,29,30,35). The number of anilines is 2. The predicted molar refractivity (Wildman–Crippen MR) is 141 cm³/mol. The molecule has 1 aliphatic heterocycles. The van der Waals surface area contributed by atoms with Gasteiger partial charge < -0.3 is 19.5 Å². The highest BCUT2D eigenvalue weighted by Crippen LogP contribution is 2.18. The minimum absolute atomic E-state index is 0.120. The van der Waals surface area contributed by atoms with E-state index in [1.807, 2.05) is 43.9 Å². The molecule has 0 radical (unpaired) electrons. The Balaban J connectivity index is 1.53. The van der Waals surface area contributed by atoms with E-state index in [0.29, 0.717) is 49.0 Å². The van der Waals surface area contributed by atoms with Crippen LogP contribution in [-0.2, 0) is 0 Å². The molecule has 0 unspecified atom stereocenters. The van der Waals surface area contributed by atoms with Crippen LogP contribution in [-0.4, -0.2) is 62.9 Å². The third-order valence-electron chi connectivity index (χ3n) is 5.86. The fourth-order valence-electron chi connectivity index (χ4n) is 3.86. The first-order chi connectivity index (χ1) is 16.8. The first-order valence-corrected chi connectivity index (χ1v) is 11.8. The van der Waals surface area contributed by atoms with E-state index in [1.165, 1.54) is 11.8 Å². The number of nitrogens with zero attached hydrogens (tertiary/aromatic N) is 5. The first kappa shape index (κ1) is 24.3. The van der Waals surface area contributed by atoms with Gasteiger partial charge in [0.25, 0.3) is 5.91 Å². The van der Waals surface area contributed by atoms with Crippen LogP contribution in [0.4, 0.5) is 11.6 Å². The van der Waals surface area contributed by atoms with Crippen LogP contribution in [0.3, 0.4) is 0 Å². The summed E-state index contributed by atoms with van der Waals surface area (Å²) >= 11 is 5.59. The number of nitrogens with one attached hydrogen (secondary N) is 2. The van der Waals surface area contributed by atoms with Crippen molar-refractivity contribution in [2.45, 2.75) is 27.7 Å². The number of furan rings is 1. The Morgan fingerprint density at radius 2 is 1.66 bits per heavy atom. The normalized spacial score (nSPS) is 14.1. The number of piperazine rings is 1. The Morgan fingerprint density at radius 3 is 2.31 bits per heavy atom. The van der Waals surface area contributed by atoms with Crippen LogP contribution >= 0.6 is 12.2 Å². The molecule has 0 saturated carbocycles. The first-order valence-electron chi connectivity index (χ1n) is 11.4. The highest BCUT2D eigenvalue weighted by Gasteiger charge is 2.26. The van der Waals surface area contributed by atoms with Gasteiger partial charge in [0.1, 0.15) is 0 Å². The summed E-state index contributed by atoms with van der Waals surface area (Å²) in [7, 11) is 0. The van der Waals surface area contributed by atoms with E-state index in [0.717, 1.165) is 22.6 Å². The second kappa shape index (κ2) is 10.6. The number of guanidine groups is 1. The molecule has 1 aliphatic rings. The molecule has 35 heavy (non-hydrogen) atoms. The zero-order chi connectivity index (χ0) is 24.9. The van der Waals surface area contributed by atoms with Gasteiger partial charge >= 0.3 is 0 Å². The van der Waals surface area contributed by atoms with Crippen molar-refractivity contribution in [2.75, 3.05) is 36.8 Å². The Morgan fingerprint density at radius 1 is 0.971 bits per heavy atom. The van der Waals surface area contributed by atoms with Crippen molar-refractivity contribution < 1.29 is 9.21 Å². The van der Waals surface area contributed by atoms with Gasteiger partial charge in [-0.15, -0.1) is 0 Å². The summed E-state index contributed by atoms with van der Waals surface area (Å²) in [5.41, 5.74) is 4.89. The van der Waals surface area contributed by atoms with Gasteiger partial charge in [-0.2, -0.15) is 4.99 Å². The van der Waals surface area contributed by atoms with Crippen LogP contribution < -0.4 is 10.6 Å². The maximum absolute atomic E-state index is 12.7. The maximum atomic E-state index is 12.7. The Labute approximate surface area is 210 Å². The molecule has 3 aromatic rings. The molecule has 2 aromatic heterocycles. The quantitative estimate of drug-likeness (QED) is 0.323. The molecular formula is C25H29N7O2S. The Hall–Kier alpha value is -3.79. The van der Waals surface area contributed by atoms with Gasteiger partial charge in [-0.1, -0.05) is 12.1 Å². The number of hydrogen-bond donors (Lipinski definition) is 2. The van der Waals surface area contributed by atoms with Crippen LogP contribution in [0.5, 0.6) is 0 Å². The molecule has 1 fully saturated rings. The largest absolute Gasteiger partial charge is 0.459 e. The molecular weight excluding hydrogens is 462 g/mol. The summed E-state index contributed by atoms with van der Waals surface area (Å²) in [6.07, 6.45) is 1.51. The highest BCUT2D eigenvalue weighted by atomic mass is 32.1. The van der Waals surface area contributed by atoms with E-state index in [4.69, 9.17) is 21.6 Å². The molecule has 182 valence electrons. The van der Waals surface area contributed by atoms with E-state index in [2.05, 4.69) is 33.6 Å². The fourth-order valence-corrected chi connectivity index (χ4v) is 4.06. The summed E-state index contributed by atoms with van der Waals surface area (Å²) in [5, 5.41) is 6.80. The van der Waals surface area contributed by atoms with Crippen molar-refractivity contribution in [3.8, 4) is 0 Å². The number of aryl methyl sites for hydroxylation is 3. The molecule has 0 atom stereocenters. The molecule has 0 aliphatic carbocycles. The molecule has 1 amide bonds. The van der Waals surface area contributed by atoms with Gasteiger partial charge in [-0.25, -0.2) is 9.97 Å². The van der Waals surface area contributed by atoms with Gasteiger partial charge in [0, 0.05) is 43.3 Å². The van der Waals surface area contributed by atoms with Gasteiger partial charge in [0.05, 0.1) is 6.26 Å². The van der Waals surface area contributed by atoms with Crippen molar-refractivity contribution in [1.29, 1.82) is 0 Å². The lowest BCUT2D eigenvalue weighted by Crippen LogP contribution is -2.52. The number of aromatic nitrogens is 2. The van der Waals surface area contributed by atoms with Crippen molar-refractivity contribution in [1.82, 2.24) is 19.8 Å². The molecule has 9 nitrogen and oxygen atoms in total. The lowest BCUT2D eigenvalue weighted by Gasteiger charge is -2.36. The number of benzene rings is 1. The summed E-state index contributed by atoms with van der Waals surface area (Å²) in [5.74, 6) is 1.20. The molecule has 0 bridgehead atoms. The Kier molecular flexibility index (Phi) is 7.40. The lowest BCUT2D eigenvalue weighted by atomic mass is 10.1. The minimum Gasteiger partial charge on any atom is -0.459 e. The Bertz CT molecular complexity index is 1230. The molecule has 1 aromatic carbocycles. The average molecular weight is 492 g/mol. The minimum atomic E-state index is -0.120. The predicted octanol–water partition coefficient (Wildman–Crippen LogP) is 3.93. The van der Waals surface area contributed by atoms with Crippen LogP contribution in [0.2, 0.25) is 0 Å². The molecule has 1 saturated heterocycles. The third kappa shape index (κ3) is 6.02. The van der Waals surface area contributed by atoms with Crippen LogP contribution in [0, 0.1) is 27.7 Å². The number of aliphatic imine (C=N–C) groups is 1. The van der Waals surface area contributed by atoms with Crippen molar-refractivity contribution >= 4 is 40.8 Å². The average Bonchev–Trinajstić information content (AvgIpc) is 3.36. The summed E-state index contributed by atoms with van der Waals surface area (Å²) in [4.78, 5) is 30.2. The number of carbonyl (C=O) groups is 1. The molecule has 4 rings (SSSR count). The second-order valence-corrected chi connectivity index (χ2v) is 8.86. The third-order valence-corrected chi connectivity index (χ3v) is 6.05. The van der Waals surface area contributed by atoms with Gasteiger partial charge in [0.2, 0.25) is 17.0 Å². The second-order valence-electron chi connectivity index (χ2n) is 8.47. The fraction of sp³-hybridized carbons (Fsp3) is 0.320. The van der Waals surface area contributed by atoms with E-state index >= 15 is 0 Å². The monoisotopic (exact) mass is 491 g/mol. The van der Waals surface area contributed by atoms with E-state index in [1.54, 1.807) is 17.0 Å². The summed E-state index contributed by atoms with van der Waals surface area (Å²) in [6.45, 7) is 10.1. The molecule has 2 N–H and O–H groups in total. The van der Waals surface area contributed by atoms with E-state index in [-0.39, 0.29) is 5.91 Å². The smallest absolute Gasteiger partial charge is 0.289 e. The van der Waals surface area contributed by atoms with Crippen LogP contribution in [0.1, 0.15) is 33.1 Å². The zero-order valence-electron chi connectivity index (χ0n) is 20.3. The molecule has 3 heterocycles. The summed E-state index contributed by atoms with van der Waals surface area (Å²) < 4.78 is 5.27. The number of carbonyl (C=O) groups excluding carboxylic acids is 1. The number of rotatable bonds is 3. The zero-order valence-corrected chi connectivity index (χ0v) is 21.1. The lowest BCUT2D eigenvalue weighted by molar-refractivity contribution is 0.0660. The molecule has 10 heteroatoms. The number of hydrogen-bond acceptors (Lipinski definition) is 5. The van der Waals surface area contributed by atoms with Crippen molar-refractivity contribution in [2.24, 2.45) is 4.99 Å². The highest BCUT2D eigenvalue weighted by molar-refractivity contribution is 7.80. The van der Waals surface area contributed by atoms with Gasteiger partial charge in [-0.05, 0) is 75.3 Å². The topological polar surface area (TPSA) is 98.9 Å². The van der Waals surface area contributed by atoms with Crippen LogP contribution in [0.15, 0.2) is 52.1 Å². The van der Waals surface area contributed by atoms with E-state index in [9.17, 15) is 4.79 Å². The van der Waals surface area contributed by atoms with Crippen molar-refractivity contribution in [3.05, 3.63) is 70.9 Å². The van der Waals surface area contributed by atoms with Crippen molar-refractivity contribution in [3.63, 3.8) is 0 Å². The summed E-state index contributed by atoms with van der Waals surface area (Å²) in [6, 6.07) is 11.3.